The molecule has 1 aromatic heterocycles. The fraction of sp³-hybridized carbons (Fsp3) is 0.269. The Labute approximate surface area is 205 Å². The van der Waals surface area contributed by atoms with Crippen molar-refractivity contribution < 1.29 is 18.0 Å². The van der Waals surface area contributed by atoms with Crippen LogP contribution in [0.2, 0.25) is 0 Å². The van der Waals surface area contributed by atoms with Gasteiger partial charge in [0.2, 0.25) is 21.8 Å². The summed E-state index contributed by atoms with van der Waals surface area (Å²) in [6, 6.07) is 16.4. The van der Waals surface area contributed by atoms with Crippen molar-refractivity contribution in [2.45, 2.75) is 50.6 Å². The zero-order chi connectivity index (χ0) is 25.2. The average molecular weight is 493 g/mol. The lowest BCUT2D eigenvalue weighted by Crippen LogP contribution is -2.45. The van der Waals surface area contributed by atoms with Crippen molar-refractivity contribution in [3.63, 3.8) is 0 Å². The summed E-state index contributed by atoms with van der Waals surface area (Å²) >= 11 is 0. The Morgan fingerprint density at radius 1 is 1.11 bits per heavy atom. The van der Waals surface area contributed by atoms with E-state index in [-0.39, 0.29) is 23.3 Å². The van der Waals surface area contributed by atoms with Crippen molar-refractivity contribution in [2.24, 2.45) is 0 Å². The SMILES string of the molecule is CC(=O)N1c2ccc(S(=O)(=O)N[C@H](Cc3ccccc3)C(=O)Nc3ncccc3C)cc2C[C@@H]1C. The van der Waals surface area contributed by atoms with Gasteiger partial charge in [-0.2, -0.15) is 4.72 Å². The van der Waals surface area contributed by atoms with Crippen molar-refractivity contribution >= 4 is 33.3 Å². The molecule has 0 bridgehead atoms. The van der Waals surface area contributed by atoms with Crippen LogP contribution in [-0.4, -0.2) is 37.3 Å². The minimum Gasteiger partial charge on any atom is -0.309 e. The highest BCUT2D eigenvalue weighted by Crippen LogP contribution is 2.34. The highest BCUT2D eigenvalue weighted by molar-refractivity contribution is 7.89. The highest BCUT2D eigenvalue weighted by atomic mass is 32.2. The summed E-state index contributed by atoms with van der Waals surface area (Å²) in [7, 11) is -4.04. The summed E-state index contributed by atoms with van der Waals surface area (Å²) in [6.45, 7) is 5.23. The highest BCUT2D eigenvalue weighted by Gasteiger charge is 2.32. The number of rotatable bonds is 7. The topological polar surface area (TPSA) is 108 Å². The molecule has 1 aliphatic rings. The number of nitrogens with zero attached hydrogens (tertiary/aromatic N) is 2. The van der Waals surface area contributed by atoms with Gasteiger partial charge in [0.25, 0.3) is 0 Å². The molecule has 0 unspecified atom stereocenters. The molecular weight excluding hydrogens is 464 g/mol. The van der Waals surface area contributed by atoms with E-state index >= 15 is 0 Å². The maximum atomic E-state index is 13.4. The van der Waals surface area contributed by atoms with Gasteiger partial charge in [-0.1, -0.05) is 36.4 Å². The van der Waals surface area contributed by atoms with Gasteiger partial charge in [-0.25, -0.2) is 13.4 Å². The Kier molecular flexibility index (Phi) is 7.00. The number of carbonyl (C=O) groups is 2. The van der Waals surface area contributed by atoms with Crippen LogP contribution in [0, 0.1) is 6.92 Å². The van der Waals surface area contributed by atoms with Gasteiger partial charge in [0.15, 0.2) is 0 Å². The molecule has 3 aromatic rings. The Morgan fingerprint density at radius 2 is 1.86 bits per heavy atom. The second-order valence-electron chi connectivity index (χ2n) is 8.75. The number of fused-ring (bicyclic) bond motifs is 1. The summed E-state index contributed by atoms with van der Waals surface area (Å²) in [6.07, 6.45) is 2.29. The summed E-state index contributed by atoms with van der Waals surface area (Å²) < 4.78 is 29.3. The summed E-state index contributed by atoms with van der Waals surface area (Å²) in [4.78, 5) is 31.1. The lowest BCUT2D eigenvalue weighted by atomic mass is 10.1. The molecule has 0 aliphatic carbocycles. The van der Waals surface area contributed by atoms with Gasteiger partial charge in [0.1, 0.15) is 11.9 Å². The molecule has 0 radical (unpaired) electrons. The predicted molar refractivity (Wildman–Crippen MR) is 135 cm³/mol. The summed E-state index contributed by atoms with van der Waals surface area (Å²) in [5.74, 6) is -0.211. The van der Waals surface area contributed by atoms with Gasteiger partial charge in [-0.3, -0.25) is 9.59 Å². The van der Waals surface area contributed by atoms with Gasteiger partial charge in [0, 0.05) is 24.8 Å². The van der Waals surface area contributed by atoms with Crippen molar-refractivity contribution in [3.8, 4) is 0 Å². The molecule has 1 aliphatic heterocycles. The van der Waals surface area contributed by atoms with Gasteiger partial charge in [-0.15, -0.1) is 0 Å². The van der Waals surface area contributed by atoms with Crippen LogP contribution in [0.1, 0.15) is 30.5 Å². The first-order valence-corrected chi connectivity index (χ1v) is 12.9. The Hall–Kier alpha value is -3.56. The van der Waals surface area contributed by atoms with E-state index in [1.807, 2.05) is 50.2 Å². The molecule has 2 N–H and O–H groups in total. The molecule has 2 amide bonds. The van der Waals surface area contributed by atoms with Gasteiger partial charge in [-0.05, 0) is 67.6 Å². The van der Waals surface area contributed by atoms with E-state index < -0.39 is 22.0 Å². The summed E-state index contributed by atoms with van der Waals surface area (Å²) in [5, 5.41) is 2.75. The van der Waals surface area contributed by atoms with Gasteiger partial charge >= 0.3 is 0 Å². The number of hydrogen-bond acceptors (Lipinski definition) is 5. The second-order valence-corrected chi connectivity index (χ2v) is 10.5. The summed E-state index contributed by atoms with van der Waals surface area (Å²) in [5.41, 5.74) is 3.08. The third kappa shape index (κ3) is 5.41. The van der Waals surface area contributed by atoms with E-state index in [1.165, 1.54) is 13.0 Å². The Balaban J connectivity index is 1.62. The minimum absolute atomic E-state index is 0.0494. The quantitative estimate of drug-likeness (QED) is 0.527. The smallest absolute Gasteiger partial charge is 0.244 e. The third-order valence-electron chi connectivity index (χ3n) is 6.06. The maximum Gasteiger partial charge on any atom is 0.244 e. The second kappa shape index (κ2) is 9.97. The van der Waals surface area contributed by atoms with Crippen LogP contribution < -0.4 is 14.9 Å². The lowest BCUT2D eigenvalue weighted by Gasteiger charge is -2.21. The zero-order valence-electron chi connectivity index (χ0n) is 19.9. The molecule has 8 nitrogen and oxygen atoms in total. The molecule has 9 heteroatoms. The average Bonchev–Trinajstić information content (AvgIpc) is 3.15. The molecule has 35 heavy (non-hydrogen) atoms. The number of benzene rings is 2. The fourth-order valence-electron chi connectivity index (χ4n) is 4.37. The number of sulfonamides is 1. The van der Waals surface area contributed by atoms with E-state index in [0.29, 0.717) is 17.9 Å². The van der Waals surface area contributed by atoms with Crippen LogP contribution in [0.5, 0.6) is 0 Å². The molecule has 0 spiro atoms. The lowest BCUT2D eigenvalue weighted by molar-refractivity contribution is -0.118. The van der Waals surface area contributed by atoms with Crippen LogP contribution in [0.3, 0.4) is 0 Å². The maximum absolute atomic E-state index is 13.4. The molecule has 0 saturated carbocycles. The predicted octanol–water partition coefficient (Wildman–Crippen LogP) is 3.22. The normalized spacial score (nSPS) is 16.0. The van der Waals surface area contributed by atoms with Crippen molar-refractivity contribution in [1.29, 1.82) is 0 Å². The molecule has 2 heterocycles. The van der Waals surface area contributed by atoms with Crippen LogP contribution in [0.25, 0.3) is 0 Å². The van der Waals surface area contributed by atoms with E-state index in [2.05, 4.69) is 15.0 Å². The number of hydrogen-bond donors (Lipinski definition) is 2. The molecule has 2 atom stereocenters. The van der Waals surface area contributed by atoms with Crippen LogP contribution in [0.4, 0.5) is 11.5 Å². The number of aryl methyl sites for hydroxylation is 1. The Bertz CT molecular complexity index is 1360. The minimum atomic E-state index is -4.04. The first-order chi connectivity index (χ1) is 16.7. The molecule has 182 valence electrons. The zero-order valence-corrected chi connectivity index (χ0v) is 20.7. The largest absolute Gasteiger partial charge is 0.309 e. The number of aromatic nitrogens is 1. The van der Waals surface area contributed by atoms with Crippen LogP contribution in [0.15, 0.2) is 71.8 Å². The fourth-order valence-corrected chi connectivity index (χ4v) is 5.61. The molecular formula is C26H28N4O4S. The number of amides is 2. The third-order valence-corrected chi connectivity index (χ3v) is 7.53. The van der Waals surface area contributed by atoms with Crippen molar-refractivity contribution in [3.05, 3.63) is 83.6 Å². The molecule has 2 aromatic carbocycles. The number of nitrogens with one attached hydrogen (secondary N) is 2. The van der Waals surface area contributed by atoms with Crippen molar-refractivity contribution in [1.82, 2.24) is 9.71 Å². The molecule has 0 fully saturated rings. The number of carbonyl (C=O) groups excluding carboxylic acids is 2. The molecule has 0 saturated heterocycles. The Morgan fingerprint density at radius 3 is 2.54 bits per heavy atom. The van der Waals surface area contributed by atoms with E-state index in [0.717, 1.165) is 16.7 Å². The van der Waals surface area contributed by atoms with Crippen LogP contribution in [-0.2, 0) is 32.5 Å². The van der Waals surface area contributed by atoms with E-state index in [1.54, 1.807) is 29.3 Å². The van der Waals surface area contributed by atoms with Gasteiger partial charge in [0.05, 0.1) is 4.90 Å². The number of anilines is 2. The van der Waals surface area contributed by atoms with E-state index in [4.69, 9.17) is 0 Å². The van der Waals surface area contributed by atoms with Crippen molar-refractivity contribution in [2.75, 3.05) is 10.2 Å². The molecule has 4 rings (SSSR count). The monoisotopic (exact) mass is 492 g/mol. The van der Waals surface area contributed by atoms with Crippen LogP contribution >= 0.6 is 0 Å². The standard InChI is InChI=1S/C26H28N4O4S/c1-17-8-7-13-27-25(17)28-26(32)23(15-20-9-5-4-6-10-20)29-35(33,34)22-11-12-24-21(16-22)14-18(2)30(24)19(3)31/h4-13,16,18,23,29H,14-15H2,1-3H3,(H,27,28,32)/t18-,23+/m0/s1. The van der Waals surface area contributed by atoms with Gasteiger partial charge < -0.3 is 10.2 Å². The first kappa shape index (κ1) is 24.6. The van der Waals surface area contributed by atoms with E-state index in [9.17, 15) is 18.0 Å². The number of pyridine rings is 1. The first-order valence-electron chi connectivity index (χ1n) is 11.4.